The molecule has 2 heterocycles. The lowest BCUT2D eigenvalue weighted by molar-refractivity contribution is -0.141. The van der Waals surface area contributed by atoms with Gasteiger partial charge in [-0.3, -0.25) is 9.78 Å². The Morgan fingerprint density at radius 3 is 2.67 bits per heavy atom. The number of carbonyl (C=O) groups excluding carboxylic acids is 1. The Kier molecular flexibility index (Phi) is 5.07. The summed E-state index contributed by atoms with van der Waals surface area (Å²) in [4.78, 5) is 19.1. The molecule has 1 N–H and O–H groups in total. The van der Waals surface area contributed by atoms with Crippen LogP contribution in [0.1, 0.15) is 11.3 Å². The summed E-state index contributed by atoms with van der Waals surface area (Å²) in [5.74, 6) is 0.273. The molecule has 2 aromatic heterocycles. The van der Waals surface area contributed by atoms with Crippen molar-refractivity contribution in [2.75, 3.05) is 0 Å². The van der Waals surface area contributed by atoms with E-state index < -0.39 is 11.9 Å². The fourth-order valence-electron chi connectivity index (χ4n) is 2.43. The van der Waals surface area contributed by atoms with Crippen molar-refractivity contribution in [2.24, 2.45) is 0 Å². The van der Waals surface area contributed by atoms with Gasteiger partial charge in [-0.2, -0.15) is 13.2 Å². The normalized spacial score (nSPS) is 11.2. The number of rotatable bonds is 5. The van der Waals surface area contributed by atoms with Crippen LogP contribution >= 0.6 is 0 Å². The third-order valence-corrected chi connectivity index (χ3v) is 3.71. The van der Waals surface area contributed by atoms with Gasteiger partial charge in [0, 0.05) is 18.1 Å². The van der Waals surface area contributed by atoms with Crippen LogP contribution in [-0.2, 0) is 17.5 Å². The van der Waals surface area contributed by atoms with Gasteiger partial charge in [0.05, 0.1) is 11.7 Å². The summed E-state index contributed by atoms with van der Waals surface area (Å²) in [6.07, 6.45) is -0.717. The number of aromatic nitrogens is 2. The molecule has 1 aromatic carbocycles. The minimum absolute atomic E-state index is 0.167. The SMILES string of the molecule is C=CC(=O)NCc1ccc(Oc2ccc(C(F)(F)F)nc2)c2cccnc12. The molecule has 0 saturated heterocycles. The van der Waals surface area contributed by atoms with Gasteiger partial charge < -0.3 is 10.1 Å². The maximum atomic E-state index is 12.6. The number of benzene rings is 1. The second-order valence-electron chi connectivity index (χ2n) is 5.52. The molecule has 8 heteroatoms. The summed E-state index contributed by atoms with van der Waals surface area (Å²) in [6, 6.07) is 8.94. The number of amides is 1. The largest absolute Gasteiger partial charge is 0.455 e. The summed E-state index contributed by atoms with van der Waals surface area (Å²) in [6.45, 7) is 3.64. The van der Waals surface area contributed by atoms with Gasteiger partial charge in [0.15, 0.2) is 0 Å². The van der Waals surface area contributed by atoms with Crippen molar-refractivity contribution in [1.29, 1.82) is 0 Å². The van der Waals surface area contributed by atoms with E-state index in [-0.39, 0.29) is 18.2 Å². The number of nitrogens with one attached hydrogen (secondary N) is 1. The fourth-order valence-corrected chi connectivity index (χ4v) is 2.43. The molecule has 3 rings (SSSR count). The zero-order valence-corrected chi connectivity index (χ0v) is 14.0. The maximum absolute atomic E-state index is 12.6. The second-order valence-corrected chi connectivity index (χ2v) is 5.52. The van der Waals surface area contributed by atoms with Gasteiger partial charge in [-0.1, -0.05) is 12.6 Å². The molecule has 1 amide bonds. The number of nitrogens with zero attached hydrogens (tertiary/aromatic N) is 2. The average Bonchev–Trinajstić information content (AvgIpc) is 2.67. The van der Waals surface area contributed by atoms with Gasteiger partial charge in [0.1, 0.15) is 17.2 Å². The zero-order valence-electron chi connectivity index (χ0n) is 14.0. The lowest BCUT2D eigenvalue weighted by Gasteiger charge is -2.12. The third-order valence-electron chi connectivity index (χ3n) is 3.71. The second kappa shape index (κ2) is 7.45. The van der Waals surface area contributed by atoms with E-state index in [9.17, 15) is 18.0 Å². The van der Waals surface area contributed by atoms with E-state index in [4.69, 9.17) is 4.74 Å². The van der Waals surface area contributed by atoms with Crippen LogP contribution in [0.5, 0.6) is 11.5 Å². The Morgan fingerprint density at radius 1 is 1.19 bits per heavy atom. The Morgan fingerprint density at radius 2 is 2.00 bits per heavy atom. The molecule has 138 valence electrons. The first-order chi connectivity index (χ1) is 12.9. The lowest BCUT2D eigenvalue weighted by atomic mass is 10.1. The minimum atomic E-state index is -4.51. The molecule has 5 nitrogen and oxygen atoms in total. The van der Waals surface area contributed by atoms with E-state index >= 15 is 0 Å². The van der Waals surface area contributed by atoms with E-state index in [0.717, 1.165) is 17.8 Å². The van der Waals surface area contributed by atoms with Crippen LogP contribution in [0.15, 0.2) is 61.4 Å². The molecular weight excluding hydrogens is 359 g/mol. The van der Waals surface area contributed by atoms with Crippen LogP contribution in [-0.4, -0.2) is 15.9 Å². The predicted octanol–water partition coefficient (Wildman–Crippen LogP) is 4.24. The highest BCUT2D eigenvalue weighted by Crippen LogP contribution is 2.32. The Labute approximate surface area is 152 Å². The van der Waals surface area contributed by atoms with Gasteiger partial charge in [0.2, 0.25) is 5.91 Å². The van der Waals surface area contributed by atoms with Crippen molar-refractivity contribution in [2.45, 2.75) is 12.7 Å². The molecule has 0 aliphatic rings. The molecule has 0 atom stereocenters. The fraction of sp³-hybridized carbons (Fsp3) is 0.105. The third kappa shape index (κ3) is 4.22. The average molecular weight is 373 g/mol. The van der Waals surface area contributed by atoms with E-state index in [0.29, 0.717) is 16.7 Å². The summed E-state index contributed by atoms with van der Waals surface area (Å²) in [5, 5.41) is 3.33. The number of hydrogen-bond donors (Lipinski definition) is 1. The number of ether oxygens (including phenoxy) is 1. The number of halogens is 3. The van der Waals surface area contributed by atoms with Crippen molar-refractivity contribution in [1.82, 2.24) is 15.3 Å². The lowest BCUT2D eigenvalue weighted by Crippen LogP contribution is -2.20. The standard InChI is InChI=1S/C19H14F3N3O2/c1-2-17(26)25-10-12-5-7-15(14-4-3-9-23-18(12)14)27-13-6-8-16(24-11-13)19(20,21)22/h2-9,11H,1,10H2,(H,25,26). The molecule has 27 heavy (non-hydrogen) atoms. The Hall–Kier alpha value is -3.42. The molecule has 0 bridgehead atoms. The number of hydrogen-bond acceptors (Lipinski definition) is 4. The van der Waals surface area contributed by atoms with Crippen LogP contribution < -0.4 is 10.1 Å². The number of fused-ring (bicyclic) bond motifs is 1. The number of carbonyl (C=O) groups is 1. The first kappa shape index (κ1) is 18.4. The van der Waals surface area contributed by atoms with Gasteiger partial charge in [-0.15, -0.1) is 0 Å². The molecular formula is C19H14F3N3O2. The quantitative estimate of drug-likeness (QED) is 0.680. The molecule has 0 radical (unpaired) electrons. The maximum Gasteiger partial charge on any atom is 0.433 e. The highest BCUT2D eigenvalue weighted by atomic mass is 19.4. The number of pyridine rings is 2. The van der Waals surface area contributed by atoms with Crippen LogP contribution in [0.25, 0.3) is 10.9 Å². The van der Waals surface area contributed by atoms with E-state index in [1.54, 1.807) is 30.5 Å². The highest BCUT2D eigenvalue weighted by Gasteiger charge is 2.32. The highest BCUT2D eigenvalue weighted by molar-refractivity contribution is 5.89. The van der Waals surface area contributed by atoms with Crippen molar-refractivity contribution >= 4 is 16.8 Å². The van der Waals surface area contributed by atoms with E-state index in [2.05, 4.69) is 21.9 Å². The monoisotopic (exact) mass is 373 g/mol. The predicted molar refractivity (Wildman–Crippen MR) is 93.1 cm³/mol. The van der Waals surface area contributed by atoms with Crippen LogP contribution in [0, 0.1) is 0 Å². The zero-order chi connectivity index (χ0) is 19.4. The van der Waals surface area contributed by atoms with Crippen molar-refractivity contribution < 1.29 is 22.7 Å². The summed E-state index contributed by atoms with van der Waals surface area (Å²) in [7, 11) is 0. The van der Waals surface area contributed by atoms with Crippen LogP contribution in [0.3, 0.4) is 0 Å². The minimum Gasteiger partial charge on any atom is -0.455 e. The smallest absolute Gasteiger partial charge is 0.433 e. The van der Waals surface area contributed by atoms with Gasteiger partial charge >= 0.3 is 6.18 Å². The summed E-state index contributed by atoms with van der Waals surface area (Å²) >= 11 is 0. The Bertz CT molecular complexity index is 986. The molecule has 0 aliphatic carbocycles. The summed E-state index contributed by atoms with van der Waals surface area (Å²) in [5.41, 5.74) is 0.382. The molecule has 0 saturated carbocycles. The molecule has 0 fully saturated rings. The first-order valence-electron chi connectivity index (χ1n) is 7.86. The van der Waals surface area contributed by atoms with Gasteiger partial charge in [-0.05, 0) is 42.0 Å². The van der Waals surface area contributed by atoms with Gasteiger partial charge in [-0.25, -0.2) is 4.98 Å². The molecule has 3 aromatic rings. The first-order valence-corrected chi connectivity index (χ1v) is 7.86. The topological polar surface area (TPSA) is 64.1 Å². The van der Waals surface area contributed by atoms with Crippen molar-refractivity contribution in [3.05, 3.63) is 72.7 Å². The van der Waals surface area contributed by atoms with E-state index in [1.165, 1.54) is 12.1 Å². The Balaban J connectivity index is 1.89. The van der Waals surface area contributed by atoms with Crippen molar-refractivity contribution in [3.63, 3.8) is 0 Å². The molecule has 0 aliphatic heterocycles. The van der Waals surface area contributed by atoms with Crippen LogP contribution in [0.2, 0.25) is 0 Å². The van der Waals surface area contributed by atoms with Gasteiger partial charge in [0.25, 0.3) is 0 Å². The molecule has 0 spiro atoms. The van der Waals surface area contributed by atoms with Crippen LogP contribution in [0.4, 0.5) is 13.2 Å². The van der Waals surface area contributed by atoms with Crippen molar-refractivity contribution in [3.8, 4) is 11.5 Å². The van der Waals surface area contributed by atoms with E-state index in [1.807, 2.05) is 0 Å². The molecule has 0 unspecified atom stereocenters. The number of alkyl halides is 3. The summed E-state index contributed by atoms with van der Waals surface area (Å²) < 4.78 is 43.5.